The van der Waals surface area contributed by atoms with E-state index in [1.54, 1.807) is 23.6 Å². The van der Waals surface area contributed by atoms with E-state index in [1.807, 2.05) is 18.2 Å². The minimum atomic E-state index is -0.284. The van der Waals surface area contributed by atoms with Gasteiger partial charge >= 0.3 is 0 Å². The van der Waals surface area contributed by atoms with Gasteiger partial charge in [-0.3, -0.25) is 14.6 Å². The van der Waals surface area contributed by atoms with E-state index >= 15 is 0 Å². The average Bonchev–Trinajstić information content (AvgIpc) is 3.19. The van der Waals surface area contributed by atoms with Crippen molar-refractivity contribution in [3.8, 4) is 0 Å². The van der Waals surface area contributed by atoms with Crippen molar-refractivity contribution in [2.24, 2.45) is 5.92 Å². The molecule has 1 saturated heterocycles. The van der Waals surface area contributed by atoms with E-state index in [-0.39, 0.29) is 24.2 Å². The molecule has 3 heterocycles. The summed E-state index contributed by atoms with van der Waals surface area (Å²) in [5.74, 6) is -0.348. The van der Waals surface area contributed by atoms with Crippen molar-refractivity contribution in [2.75, 3.05) is 13.1 Å². The Morgan fingerprint density at radius 3 is 3.09 bits per heavy atom. The van der Waals surface area contributed by atoms with Crippen molar-refractivity contribution in [2.45, 2.75) is 19.4 Å². The second kappa shape index (κ2) is 7.04. The summed E-state index contributed by atoms with van der Waals surface area (Å²) in [6.07, 6.45) is 6.02. The second-order valence-electron chi connectivity index (χ2n) is 5.61. The molecule has 0 aliphatic carbocycles. The molecule has 23 heavy (non-hydrogen) atoms. The van der Waals surface area contributed by atoms with Crippen LogP contribution in [0.4, 0.5) is 0 Å². The number of amides is 2. The average molecular weight is 313 g/mol. The predicted octanol–water partition coefficient (Wildman–Crippen LogP) is 0.512. The minimum absolute atomic E-state index is 0.00405. The van der Waals surface area contributed by atoms with Crippen LogP contribution < -0.4 is 5.32 Å². The number of likely N-dealkylation sites (tertiary alicyclic amines) is 1. The molecule has 1 fully saturated rings. The van der Waals surface area contributed by atoms with Crippen molar-refractivity contribution < 1.29 is 9.59 Å². The highest BCUT2D eigenvalue weighted by atomic mass is 16.2. The molecule has 1 aliphatic rings. The van der Waals surface area contributed by atoms with Gasteiger partial charge in [0.15, 0.2) is 0 Å². The van der Waals surface area contributed by atoms with Gasteiger partial charge in [0, 0.05) is 44.0 Å². The van der Waals surface area contributed by atoms with Gasteiger partial charge in [-0.05, 0) is 12.1 Å². The Hall–Kier alpha value is -2.70. The Morgan fingerprint density at radius 1 is 1.43 bits per heavy atom. The fourth-order valence-corrected chi connectivity index (χ4v) is 2.67. The molecule has 2 aromatic heterocycles. The largest absolute Gasteiger partial charge is 0.355 e. The summed E-state index contributed by atoms with van der Waals surface area (Å²) in [5.41, 5.74) is 1.81. The van der Waals surface area contributed by atoms with E-state index in [9.17, 15) is 9.59 Å². The third-order valence-corrected chi connectivity index (χ3v) is 3.91. The van der Waals surface area contributed by atoms with Crippen LogP contribution >= 0.6 is 0 Å². The van der Waals surface area contributed by atoms with Crippen LogP contribution in [0.25, 0.3) is 0 Å². The fraction of sp³-hybridized carbons (Fsp3) is 0.375. The summed E-state index contributed by atoms with van der Waals surface area (Å²) in [4.78, 5) is 37.1. The van der Waals surface area contributed by atoms with Crippen LogP contribution in [0.5, 0.6) is 0 Å². The summed E-state index contributed by atoms with van der Waals surface area (Å²) in [5, 5.41) is 2.89. The standard InChI is InChI=1S/C16H19N5O2/c22-15-7-12(9-21(15)10-14-3-1-2-5-18-14)16(23)19-6-4-13-8-17-11-20-13/h1-3,5,8,11-12H,4,6-7,9-10H2,(H,17,20)(H,19,23). The van der Waals surface area contributed by atoms with Crippen molar-refractivity contribution in [1.29, 1.82) is 0 Å². The summed E-state index contributed by atoms with van der Waals surface area (Å²) in [6, 6.07) is 5.61. The number of carbonyl (C=O) groups excluding carboxylic acids is 2. The van der Waals surface area contributed by atoms with Crippen LogP contribution in [0, 0.1) is 5.92 Å². The van der Waals surface area contributed by atoms with Gasteiger partial charge in [-0.25, -0.2) is 4.98 Å². The number of pyridine rings is 1. The van der Waals surface area contributed by atoms with Gasteiger partial charge in [0.1, 0.15) is 0 Å². The van der Waals surface area contributed by atoms with Gasteiger partial charge in [-0.15, -0.1) is 0 Å². The molecule has 120 valence electrons. The maximum atomic E-state index is 12.2. The minimum Gasteiger partial charge on any atom is -0.355 e. The van der Waals surface area contributed by atoms with Crippen LogP contribution in [-0.4, -0.2) is 44.8 Å². The lowest BCUT2D eigenvalue weighted by molar-refractivity contribution is -0.129. The van der Waals surface area contributed by atoms with Crippen molar-refractivity contribution in [3.63, 3.8) is 0 Å². The molecular weight excluding hydrogens is 294 g/mol. The van der Waals surface area contributed by atoms with E-state index in [1.165, 1.54) is 0 Å². The van der Waals surface area contributed by atoms with Crippen LogP contribution in [0.15, 0.2) is 36.9 Å². The molecule has 1 atom stereocenters. The summed E-state index contributed by atoms with van der Waals surface area (Å²) in [7, 11) is 0. The molecule has 1 aliphatic heterocycles. The number of H-pyrrole nitrogens is 1. The van der Waals surface area contributed by atoms with Crippen molar-refractivity contribution in [1.82, 2.24) is 25.2 Å². The maximum Gasteiger partial charge on any atom is 0.225 e. The van der Waals surface area contributed by atoms with Crippen LogP contribution in [0.2, 0.25) is 0 Å². The quantitative estimate of drug-likeness (QED) is 0.813. The Kier molecular flexibility index (Phi) is 4.65. The van der Waals surface area contributed by atoms with Gasteiger partial charge in [0.25, 0.3) is 0 Å². The monoisotopic (exact) mass is 313 g/mol. The highest BCUT2D eigenvalue weighted by molar-refractivity contribution is 5.89. The number of imidazole rings is 1. The lowest BCUT2D eigenvalue weighted by atomic mass is 10.1. The fourth-order valence-electron chi connectivity index (χ4n) is 2.67. The first-order valence-electron chi connectivity index (χ1n) is 7.65. The van der Waals surface area contributed by atoms with Gasteiger partial charge in [0.05, 0.1) is 24.5 Å². The molecule has 2 aromatic rings. The third-order valence-electron chi connectivity index (χ3n) is 3.91. The zero-order valence-electron chi connectivity index (χ0n) is 12.7. The number of nitrogens with zero attached hydrogens (tertiary/aromatic N) is 3. The number of hydrogen-bond acceptors (Lipinski definition) is 4. The van der Waals surface area contributed by atoms with Gasteiger partial charge < -0.3 is 15.2 Å². The third kappa shape index (κ3) is 3.94. The molecule has 3 rings (SSSR count). The van der Waals surface area contributed by atoms with Gasteiger partial charge in [-0.1, -0.05) is 6.07 Å². The van der Waals surface area contributed by atoms with E-state index < -0.39 is 0 Å². The smallest absolute Gasteiger partial charge is 0.225 e. The molecule has 0 radical (unpaired) electrons. The number of hydrogen-bond donors (Lipinski definition) is 2. The van der Waals surface area contributed by atoms with Crippen LogP contribution in [0.3, 0.4) is 0 Å². The van der Waals surface area contributed by atoms with Gasteiger partial charge in [-0.2, -0.15) is 0 Å². The first kappa shape index (κ1) is 15.2. The normalized spacial score (nSPS) is 17.5. The van der Waals surface area contributed by atoms with Crippen LogP contribution in [0.1, 0.15) is 17.8 Å². The highest BCUT2D eigenvalue weighted by Crippen LogP contribution is 2.19. The van der Waals surface area contributed by atoms with Gasteiger partial charge in [0.2, 0.25) is 11.8 Å². The molecule has 2 amide bonds. The topological polar surface area (TPSA) is 91.0 Å². The summed E-state index contributed by atoms with van der Waals surface area (Å²) in [6.45, 7) is 1.44. The van der Waals surface area contributed by atoms with E-state index in [0.29, 0.717) is 26.1 Å². The predicted molar refractivity (Wildman–Crippen MR) is 83.1 cm³/mol. The first-order valence-corrected chi connectivity index (χ1v) is 7.65. The Bertz CT molecular complexity index is 656. The van der Waals surface area contributed by atoms with E-state index in [4.69, 9.17) is 0 Å². The Morgan fingerprint density at radius 2 is 2.35 bits per heavy atom. The van der Waals surface area contributed by atoms with Crippen molar-refractivity contribution >= 4 is 11.8 Å². The second-order valence-corrected chi connectivity index (χ2v) is 5.61. The zero-order valence-corrected chi connectivity index (χ0v) is 12.7. The maximum absolute atomic E-state index is 12.2. The molecule has 7 nitrogen and oxygen atoms in total. The molecule has 0 aromatic carbocycles. The molecule has 0 saturated carbocycles. The van der Waals surface area contributed by atoms with Crippen LogP contribution in [-0.2, 0) is 22.6 Å². The highest BCUT2D eigenvalue weighted by Gasteiger charge is 2.34. The van der Waals surface area contributed by atoms with E-state index in [0.717, 1.165) is 11.4 Å². The van der Waals surface area contributed by atoms with E-state index in [2.05, 4.69) is 20.3 Å². The Balaban J connectivity index is 1.47. The lowest BCUT2D eigenvalue weighted by Gasteiger charge is -2.16. The molecule has 2 N–H and O–H groups in total. The molecule has 0 bridgehead atoms. The summed E-state index contributed by atoms with van der Waals surface area (Å²) < 4.78 is 0. The Labute approximate surface area is 134 Å². The lowest BCUT2D eigenvalue weighted by Crippen LogP contribution is -2.34. The molecule has 7 heteroatoms. The number of rotatable bonds is 6. The number of carbonyl (C=O) groups is 2. The molecule has 1 unspecified atom stereocenters. The number of aromatic nitrogens is 3. The molecular formula is C16H19N5O2. The number of aromatic amines is 1. The zero-order chi connectivity index (χ0) is 16.1. The SMILES string of the molecule is O=C(NCCc1cnc[nH]1)C1CC(=O)N(Cc2ccccn2)C1. The summed E-state index contributed by atoms with van der Waals surface area (Å²) >= 11 is 0. The first-order chi connectivity index (χ1) is 11.2. The molecule has 0 spiro atoms. The van der Waals surface area contributed by atoms with Crippen molar-refractivity contribution in [3.05, 3.63) is 48.3 Å². The number of nitrogens with one attached hydrogen (secondary N) is 2.